The molecule has 0 fully saturated rings. The highest BCUT2D eigenvalue weighted by molar-refractivity contribution is 9.10. The Morgan fingerprint density at radius 3 is 2.40 bits per heavy atom. The molecule has 0 bridgehead atoms. The number of fused-ring (bicyclic) bond motifs is 1. The third-order valence-corrected chi connectivity index (χ3v) is 3.02. The Morgan fingerprint density at radius 1 is 1.20 bits per heavy atom. The van der Waals surface area contributed by atoms with Crippen molar-refractivity contribution in [3.63, 3.8) is 0 Å². The number of aromatic hydroxyl groups is 1. The van der Waals surface area contributed by atoms with Gasteiger partial charge in [-0.3, -0.25) is 0 Å². The maximum atomic E-state index is 11.0. The fourth-order valence-electron chi connectivity index (χ4n) is 1.50. The van der Waals surface area contributed by atoms with Gasteiger partial charge in [-0.2, -0.15) is 0 Å². The number of carboxylic acids is 1. The van der Waals surface area contributed by atoms with E-state index in [-0.39, 0.29) is 11.3 Å². The molecule has 0 unspecified atom stereocenters. The first kappa shape index (κ1) is 9.98. The van der Waals surface area contributed by atoms with Crippen molar-refractivity contribution in [1.29, 1.82) is 0 Å². The highest BCUT2D eigenvalue weighted by Crippen LogP contribution is 2.34. The molecule has 0 aliphatic carbocycles. The molecule has 2 aromatic rings. The van der Waals surface area contributed by atoms with E-state index in [1.54, 1.807) is 24.3 Å². The van der Waals surface area contributed by atoms with Crippen LogP contribution in [0.15, 0.2) is 34.8 Å². The van der Waals surface area contributed by atoms with E-state index in [0.29, 0.717) is 15.2 Å². The first-order valence-electron chi connectivity index (χ1n) is 4.25. The minimum Gasteiger partial charge on any atom is -0.507 e. The number of carbonyl (C=O) groups is 1. The van der Waals surface area contributed by atoms with E-state index >= 15 is 0 Å². The van der Waals surface area contributed by atoms with Crippen molar-refractivity contribution in [2.45, 2.75) is 0 Å². The maximum absolute atomic E-state index is 11.0. The van der Waals surface area contributed by atoms with Crippen LogP contribution < -0.4 is 0 Å². The molecule has 2 aromatic carbocycles. The number of aromatic carboxylic acids is 1. The molecule has 76 valence electrons. The quantitative estimate of drug-likeness (QED) is 0.834. The molecule has 0 radical (unpaired) electrons. The van der Waals surface area contributed by atoms with Gasteiger partial charge in [-0.05, 0) is 27.4 Å². The van der Waals surface area contributed by atoms with Crippen LogP contribution in [0.1, 0.15) is 10.4 Å². The Bertz CT molecular complexity index is 549. The van der Waals surface area contributed by atoms with E-state index in [1.807, 2.05) is 0 Å². The van der Waals surface area contributed by atoms with Gasteiger partial charge in [0.2, 0.25) is 0 Å². The summed E-state index contributed by atoms with van der Waals surface area (Å²) in [6.07, 6.45) is 0. The van der Waals surface area contributed by atoms with Gasteiger partial charge in [0.1, 0.15) is 5.75 Å². The summed E-state index contributed by atoms with van der Waals surface area (Å²) in [4.78, 5) is 11.0. The Kier molecular flexibility index (Phi) is 2.36. The molecular weight excluding hydrogens is 260 g/mol. The highest BCUT2D eigenvalue weighted by Gasteiger charge is 2.13. The van der Waals surface area contributed by atoms with Crippen molar-refractivity contribution >= 4 is 32.7 Å². The summed E-state index contributed by atoms with van der Waals surface area (Å²) < 4.78 is 0.517. The van der Waals surface area contributed by atoms with E-state index in [9.17, 15) is 9.90 Å². The average molecular weight is 267 g/mol. The summed E-state index contributed by atoms with van der Waals surface area (Å²) >= 11 is 3.22. The molecule has 0 aliphatic heterocycles. The van der Waals surface area contributed by atoms with E-state index in [4.69, 9.17) is 5.11 Å². The van der Waals surface area contributed by atoms with Crippen LogP contribution in [-0.4, -0.2) is 16.2 Å². The smallest absolute Gasteiger partial charge is 0.336 e. The van der Waals surface area contributed by atoms with Gasteiger partial charge in [-0.25, -0.2) is 4.79 Å². The molecule has 4 heteroatoms. The summed E-state index contributed by atoms with van der Waals surface area (Å²) in [6, 6.07) is 8.26. The van der Waals surface area contributed by atoms with Gasteiger partial charge < -0.3 is 10.2 Å². The lowest BCUT2D eigenvalue weighted by Crippen LogP contribution is -1.97. The molecule has 0 saturated carbocycles. The first-order chi connectivity index (χ1) is 7.11. The van der Waals surface area contributed by atoms with Gasteiger partial charge in [0.25, 0.3) is 0 Å². The molecule has 2 rings (SSSR count). The number of halogens is 1. The predicted octanol–water partition coefficient (Wildman–Crippen LogP) is 3.01. The SMILES string of the molecule is O=C(O)c1cc(O)c(Br)c2ccccc12. The number of hydrogen-bond donors (Lipinski definition) is 2. The van der Waals surface area contributed by atoms with Gasteiger partial charge >= 0.3 is 5.97 Å². The number of rotatable bonds is 1. The number of carboxylic acid groups (broad SMARTS) is 1. The van der Waals surface area contributed by atoms with Crippen molar-refractivity contribution in [2.24, 2.45) is 0 Å². The second kappa shape index (κ2) is 3.55. The monoisotopic (exact) mass is 266 g/mol. The minimum atomic E-state index is -1.05. The molecule has 2 N–H and O–H groups in total. The van der Waals surface area contributed by atoms with E-state index < -0.39 is 5.97 Å². The first-order valence-corrected chi connectivity index (χ1v) is 5.04. The predicted molar refractivity (Wildman–Crippen MR) is 60.3 cm³/mol. The summed E-state index contributed by atoms with van der Waals surface area (Å²) in [5.41, 5.74) is 0.103. The lowest BCUT2D eigenvalue weighted by molar-refractivity contribution is 0.0698. The largest absolute Gasteiger partial charge is 0.507 e. The van der Waals surface area contributed by atoms with Crippen molar-refractivity contribution in [3.05, 3.63) is 40.4 Å². The van der Waals surface area contributed by atoms with Gasteiger partial charge in [-0.1, -0.05) is 24.3 Å². The van der Waals surface area contributed by atoms with E-state index in [1.165, 1.54) is 6.07 Å². The number of phenolic OH excluding ortho intramolecular Hbond substituents is 1. The number of hydrogen-bond acceptors (Lipinski definition) is 2. The topological polar surface area (TPSA) is 57.5 Å². The maximum Gasteiger partial charge on any atom is 0.336 e. The van der Waals surface area contributed by atoms with Crippen LogP contribution in [0.3, 0.4) is 0 Å². The minimum absolute atomic E-state index is 0.0638. The van der Waals surface area contributed by atoms with Gasteiger partial charge in [0, 0.05) is 5.39 Å². The molecule has 0 spiro atoms. The van der Waals surface area contributed by atoms with Crippen LogP contribution in [0.2, 0.25) is 0 Å². The summed E-state index contributed by atoms with van der Waals surface area (Å²) in [5, 5.41) is 19.8. The Labute approximate surface area is 94.1 Å². The Balaban J connectivity index is 2.94. The zero-order valence-electron chi connectivity index (χ0n) is 7.57. The molecule has 3 nitrogen and oxygen atoms in total. The third-order valence-electron chi connectivity index (χ3n) is 2.19. The van der Waals surface area contributed by atoms with E-state index in [2.05, 4.69) is 15.9 Å². The zero-order chi connectivity index (χ0) is 11.0. The van der Waals surface area contributed by atoms with Gasteiger partial charge in [-0.15, -0.1) is 0 Å². The normalized spacial score (nSPS) is 10.5. The Morgan fingerprint density at radius 2 is 1.80 bits per heavy atom. The standard InChI is InChI=1S/C11H7BrO3/c12-10-7-4-2-1-3-6(7)8(11(14)15)5-9(10)13/h1-5,13H,(H,14,15). The fraction of sp³-hybridized carbons (Fsp3) is 0. The lowest BCUT2D eigenvalue weighted by atomic mass is 10.0. The summed E-state index contributed by atoms with van der Waals surface area (Å²) in [6.45, 7) is 0. The zero-order valence-corrected chi connectivity index (χ0v) is 9.15. The second-order valence-corrected chi connectivity index (χ2v) is 3.90. The number of benzene rings is 2. The van der Waals surface area contributed by atoms with Crippen molar-refractivity contribution in [2.75, 3.05) is 0 Å². The van der Waals surface area contributed by atoms with Crippen molar-refractivity contribution in [1.82, 2.24) is 0 Å². The molecular formula is C11H7BrO3. The van der Waals surface area contributed by atoms with Gasteiger partial charge in [0.15, 0.2) is 0 Å². The lowest BCUT2D eigenvalue weighted by Gasteiger charge is -2.06. The van der Waals surface area contributed by atoms with Gasteiger partial charge in [0.05, 0.1) is 10.0 Å². The Hall–Kier alpha value is -1.55. The van der Waals surface area contributed by atoms with E-state index in [0.717, 1.165) is 0 Å². The van der Waals surface area contributed by atoms with Crippen molar-refractivity contribution in [3.8, 4) is 5.75 Å². The van der Waals surface area contributed by atoms with Crippen molar-refractivity contribution < 1.29 is 15.0 Å². The summed E-state index contributed by atoms with van der Waals surface area (Å²) in [5.74, 6) is -1.11. The van der Waals surface area contributed by atoms with Crippen LogP contribution >= 0.6 is 15.9 Å². The molecule has 15 heavy (non-hydrogen) atoms. The molecule has 0 atom stereocenters. The van der Waals surface area contributed by atoms with Crippen LogP contribution in [0, 0.1) is 0 Å². The van der Waals surface area contributed by atoms with Crippen LogP contribution in [0.4, 0.5) is 0 Å². The number of phenols is 1. The third kappa shape index (κ3) is 1.57. The summed E-state index contributed by atoms with van der Waals surface area (Å²) in [7, 11) is 0. The molecule has 0 heterocycles. The molecule has 0 amide bonds. The molecule has 0 aliphatic rings. The van der Waals surface area contributed by atoms with Crippen LogP contribution in [-0.2, 0) is 0 Å². The average Bonchev–Trinajstić information content (AvgIpc) is 2.23. The second-order valence-electron chi connectivity index (χ2n) is 3.11. The molecule has 0 aromatic heterocycles. The highest BCUT2D eigenvalue weighted by atomic mass is 79.9. The fourth-order valence-corrected chi connectivity index (χ4v) is 1.96. The molecule has 0 saturated heterocycles. The van der Waals surface area contributed by atoms with Crippen LogP contribution in [0.25, 0.3) is 10.8 Å². The van der Waals surface area contributed by atoms with Crippen LogP contribution in [0.5, 0.6) is 5.75 Å².